The summed E-state index contributed by atoms with van der Waals surface area (Å²) >= 11 is 11.8. The second-order valence-electron chi connectivity index (χ2n) is 3.98. The largest absolute Gasteiger partial charge is 0.492 e. The highest BCUT2D eigenvalue weighted by Crippen LogP contribution is 2.27. The van der Waals surface area contributed by atoms with Crippen LogP contribution in [0.1, 0.15) is 6.42 Å². The molecule has 0 bridgehead atoms. The number of benzene rings is 1. The fraction of sp³-hybridized carbons (Fsp3) is 0.429. The Morgan fingerprint density at radius 3 is 2.74 bits per heavy atom. The summed E-state index contributed by atoms with van der Waals surface area (Å²) in [6.45, 7) is 2.52. The van der Waals surface area contributed by atoms with Crippen molar-refractivity contribution in [2.75, 3.05) is 32.8 Å². The Kier molecular flexibility index (Phi) is 7.69. The number of hydrogen-bond donors (Lipinski definition) is 1. The Hall–Kier alpha value is -0.920. The SMILES string of the molecule is C#CCN(CCO)CCCOc1ccc(Cl)cc1Cl. The van der Waals surface area contributed by atoms with Crippen LogP contribution in [0.25, 0.3) is 0 Å². The summed E-state index contributed by atoms with van der Waals surface area (Å²) in [6.07, 6.45) is 6.06. The average molecular weight is 302 g/mol. The molecule has 1 aromatic carbocycles. The summed E-state index contributed by atoms with van der Waals surface area (Å²) in [6, 6.07) is 5.13. The van der Waals surface area contributed by atoms with E-state index in [1.54, 1.807) is 18.2 Å². The summed E-state index contributed by atoms with van der Waals surface area (Å²) in [5.74, 6) is 3.19. The Morgan fingerprint density at radius 1 is 1.32 bits per heavy atom. The molecule has 0 aliphatic rings. The molecule has 0 aliphatic heterocycles. The number of rotatable bonds is 8. The maximum Gasteiger partial charge on any atom is 0.137 e. The molecule has 1 N–H and O–H groups in total. The van der Waals surface area contributed by atoms with Crippen molar-refractivity contribution in [1.82, 2.24) is 4.90 Å². The lowest BCUT2D eigenvalue weighted by molar-refractivity contribution is 0.197. The quantitative estimate of drug-likeness (QED) is 0.592. The molecule has 1 aromatic rings. The van der Waals surface area contributed by atoms with Gasteiger partial charge in [-0.05, 0) is 24.6 Å². The smallest absolute Gasteiger partial charge is 0.137 e. The third-order valence-corrected chi connectivity index (χ3v) is 3.03. The molecule has 0 amide bonds. The van der Waals surface area contributed by atoms with Crippen molar-refractivity contribution < 1.29 is 9.84 Å². The zero-order valence-corrected chi connectivity index (χ0v) is 12.1. The number of ether oxygens (including phenoxy) is 1. The molecule has 0 aliphatic carbocycles. The molecular formula is C14H17Cl2NO2. The Bertz CT molecular complexity index is 432. The van der Waals surface area contributed by atoms with Gasteiger partial charge < -0.3 is 9.84 Å². The number of terminal acetylenes is 1. The number of hydrogen-bond acceptors (Lipinski definition) is 3. The minimum Gasteiger partial charge on any atom is -0.492 e. The van der Waals surface area contributed by atoms with E-state index in [1.165, 1.54) is 0 Å². The molecule has 5 heteroatoms. The van der Waals surface area contributed by atoms with E-state index in [-0.39, 0.29) is 6.61 Å². The zero-order chi connectivity index (χ0) is 14.1. The molecule has 0 unspecified atom stereocenters. The lowest BCUT2D eigenvalue weighted by Gasteiger charge is -2.18. The highest BCUT2D eigenvalue weighted by Gasteiger charge is 2.04. The van der Waals surface area contributed by atoms with Gasteiger partial charge in [-0.3, -0.25) is 4.90 Å². The van der Waals surface area contributed by atoms with Gasteiger partial charge in [-0.2, -0.15) is 0 Å². The first-order valence-corrected chi connectivity index (χ1v) is 6.77. The summed E-state index contributed by atoms with van der Waals surface area (Å²) in [5.41, 5.74) is 0. The van der Waals surface area contributed by atoms with Crippen LogP contribution < -0.4 is 4.74 Å². The third-order valence-electron chi connectivity index (χ3n) is 2.50. The number of aliphatic hydroxyl groups excluding tert-OH is 1. The lowest BCUT2D eigenvalue weighted by atomic mass is 10.3. The van der Waals surface area contributed by atoms with Crippen LogP contribution in [-0.4, -0.2) is 42.9 Å². The van der Waals surface area contributed by atoms with Gasteiger partial charge in [-0.25, -0.2) is 0 Å². The van der Waals surface area contributed by atoms with E-state index >= 15 is 0 Å². The molecule has 0 fully saturated rings. The van der Waals surface area contributed by atoms with Gasteiger partial charge in [0.1, 0.15) is 5.75 Å². The monoisotopic (exact) mass is 301 g/mol. The van der Waals surface area contributed by atoms with Gasteiger partial charge >= 0.3 is 0 Å². The van der Waals surface area contributed by atoms with Crippen molar-refractivity contribution >= 4 is 23.2 Å². The minimum atomic E-state index is 0.103. The van der Waals surface area contributed by atoms with E-state index in [2.05, 4.69) is 5.92 Å². The molecule has 0 radical (unpaired) electrons. The van der Waals surface area contributed by atoms with E-state index in [0.29, 0.717) is 35.5 Å². The van der Waals surface area contributed by atoms with Gasteiger partial charge in [0.05, 0.1) is 24.8 Å². The first-order valence-electron chi connectivity index (χ1n) is 6.02. The van der Waals surface area contributed by atoms with Crippen LogP contribution in [0.4, 0.5) is 0 Å². The molecule has 1 rings (SSSR count). The Morgan fingerprint density at radius 2 is 2.11 bits per heavy atom. The Labute approximate surface area is 124 Å². The van der Waals surface area contributed by atoms with E-state index in [4.69, 9.17) is 39.5 Å². The van der Waals surface area contributed by atoms with Gasteiger partial charge in [0.15, 0.2) is 0 Å². The van der Waals surface area contributed by atoms with Crippen LogP contribution in [0.15, 0.2) is 18.2 Å². The van der Waals surface area contributed by atoms with Gasteiger partial charge in [0.2, 0.25) is 0 Å². The molecular weight excluding hydrogens is 285 g/mol. The van der Waals surface area contributed by atoms with Crippen molar-refractivity contribution in [3.05, 3.63) is 28.2 Å². The van der Waals surface area contributed by atoms with Crippen LogP contribution in [0, 0.1) is 12.3 Å². The fourth-order valence-electron chi connectivity index (χ4n) is 1.60. The standard InChI is InChI=1S/C14H17Cl2NO2/c1-2-6-17(8-9-18)7-3-10-19-14-5-4-12(15)11-13(14)16/h1,4-5,11,18H,3,6-10H2. The van der Waals surface area contributed by atoms with E-state index < -0.39 is 0 Å². The highest BCUT2D eigenvalue weighted by atomic mass is 35.5. The zero-order valence-electron chi connectivity index (χ0n) is 10.6. The summed E-state index contributed by atoms with van der Waals surface area (Å²) in [5, 5.41) is 9.98. The van der Waals surface area contributed by atoms with E-state index in [1.807, 2.05) is 4.90 Å². The van der Waals surface area contributed by atoms with Crippen LogP contribution >= 0.6 is 23.2 Å². The van der Waals surface area contributed by atoms with Crippen LogP contribution in [0.2, 0.25) is 10.0 Å². The van der Waals surface area contributed by atoms with Crippen LogP contribution in [0.5, 0.6) is 5.75 Å². The molecule has 0 spiro atoms. The second-order valence-corrected chi connectivity index (χ2v) is 4.82. The van der Waals surface area contributed by atoms with Crippen molar-refractivity contribution in [3.8, 4) is 18.1 Å². The topological polar surface area (TPSA) is 32.7 Å². The minimum absolute atomic E-state index is 0.103. The number of aliphatic hydroxyl groups is 1. The number of halogens is 2. The van der Waals surface area contributed by atoms with Gasteiger partial charge in [0, 0.05) is 18.1 Å². The summed E-state index contributed by atoms with van der Waals surface area (Å²) < 4.78 is 5.57. The Balaban J connectivity index is 2.31. The van der Waals surface area contributed by atoms with Crippen LogP contribution in [-0.2, 0) is 0 Å². The normalized spacial score (nSPS) is 10.5. The molecule has 19 heavy (non-hydrogen) atoms. The predicted octanol–water partition coefficient (Wildman–Crippen LogP) is 2.69. The van der Waals surface area contributed by atoms with Crippen molar-refractivity contribution in [2.45, 2.75) is 6.42 Å². The average Bonchev–Trinajstić information content (AvgIpc) is 2.37. The van der Waals surface area contributed by atoms with Crippen molar-refractivity contribution in [2.24, 2.45) is 0 Å². The fourth-order valence-corrected chi connectivity index (χ4v) is 2.07. The second kappa shape index (κ2) is 9.06. The van der Waals surface area contributed by atoms with E-state index in [0.717, 1.165) is 13.0 Å². The molecule has 104 valence electrons. The molecule has 0 atom stereocenters. The molecule has 0 saturated heterocycles. The third kappa shape index (κ3) is 6.17. The first kappa shape index (κ1) is 16.1. The maximum absolute atomic E-state index is 8.89. The highest BCUT2D eigenvalue weighted by molar-refractivity contribution is 6.35. The van der Waals surface area contributed by atoms with Gasteiger partial charge in [0.25, 0.3) is 0 Å². The molecule has 0 heterocycles. The maximum atomic E-state index is 8.89. The molecule has 0 saturated carbocycles. The molecule has 3 nitrogen and oxygen atoms in total. The van der Waals surface area contributed by atoms with Gasteiger partial charge in [-0.15, -0.1) is 6.42 Å². The number of nitrogens with zero attached hydrogens (tertiary/aromatic N) is 1. The summed E-state index contributed by atoms with van der Waals surface area (Å²) in [4.78, 5) is 1.99. The summed E-state index contributed by atoms with van der Waals surface area (Å²) in [7, 11) is 0. The first-order chi connectivity index (χ1) is 9.17. The predicted molar refractivity (Wildman–Crippen MR) is 78.9 cm³/mol. The molecule has 0 aromatic heterocycles. The van der Waals surface area contributed by atoms with Crippen molar-refractivity contribution in [3.63, 3.8) is 0 Å². The van der Waals surface area contributed by atoms with Crippen molar-refractivity contribution in [1.29, 1.82) is 0 Å². The van der Waals surface area contributed by atoms with Gasteiger partial charge in [-0.1, -0.05) is 29.1 Å². The van der Waals surface area contributed by atoms with Crippen LogP contribution in [0.3, 0.4) is 0 Å². The van der Waals surface area contributed by atoms with E-state index in [9.17, 15) is 0 Å². The lowest BCUT2D eigenvalue weighted by Crippen LogP contribution is -2.29.